The quantitative estimate of drug-likeness (QED) is 0.844. The van der Waals surface area contributed by atoms with Crippen molar-refractivity contribution in [2.24, 2.45) is 5.92 Å². The summed E-state index contributed by atoms with van der Waals surface area (Å²) in [5, 5.41) is 11.5. The molecule has 0 unspecified atom stereocenters. The molecule has 0 saturated heterocycles. The summed E-state index contributed by atoms with van der Waals surface area (Å²) in [5.41, 5.74) is 0.503. The average molecular weight is 272 g/mol. The van der Waals surface area contributed by atoms with E-state index in [1.165, 1.54) is 0 Å². The molecule has 3 heteroatoms. The maximum absolute atomic E-state index is 12.6. The molecule has 1 fully saturated rings. The van der Waals surface area contributed by atoms with Gasteiger partial charge in [-0.05, 0) is 50.2 Å². The number of para-hydroxylation sites is 1. The minimum atomic E-state index is -1.24. The molecule has 1 aromatic carbocycles. The molecule has 2 aromatic rings. The number of benzene rings is 1. The zero-order valence-electron chi connectivity index (χ0n) is 12.0. The molecule has 106 valence electrons. The van der Waals surface area contributed by atoms with Gasteiger partial charge >= 0.3 is 0 Å². The monoisotopic (exact) mass is 272 g/mol. The Labute approximate surface area is 118 Å². The van der Waals surface area contributed by atoms with Gasteiger partial charge in [-0.25, -0.2) is 0 Å². The molecule has 1 heterocycles. The average Bonchev–Trinajstić information content (AvgIpc) is 2.87. The standard InChI is InChI=1S/C17H20O3/c1-11-6-8-17(19,9-7-11)16(18)14-10-13-5-3-4-12(2)15(13)20-14/h3-5,10-11,19H,6-9H2,1-2H3. The zero-order chi connectivity index (χ0) is 14.3. The van der Waals surface area contributed by atoms with Crippen molar-refractivity contribution in [2.75, 3.05) is 0 Å². The molecule has 0 amide bonds. The van der Waals surface area contributed by atoms with Crippen molar-refractivity contribution >= 4 is 16.8 Å². The van der Waals surface area contributed by atoms with Crippen LogP contribution in [0.3, 0.4) is 0 Å². The molecule has 0 atom stereocenters. The Kier molecular flexibility index (Phi) is 3.17. The normalized spacial score (nSPS) is 26.9. The zero-order valence-corrected chi connectivity index (χ0v) is 12.0. The number of rotatable bonds is 2. The largest absolute Gasteiger partial charge is 0.453 e. The summed E-state index contributed by atoms with van der Waals surface area (Å²) in [7, 11) is 0. The van der Waals surface area contributed by atoms with E-state index in [2.05, 4.69) is 6.92 Å². The Morgan fingerprint density at radius 3 is 2.70 bits per heavy atom. The van der Waals surface area contributed by atoms with Crippen molar-refractivity contribution in [1.82, 2.24) is 0 Å². The highest BCUT2D eigenvalue weighted by Crippen LogP contribution is 2.35. The predicted molar refractivity (Wildman–Crippen MR) is 77.9 cm³/mol. The lowest BCUT2D eigenvalue weighted by Gasteiger charge is -2.32. The number of hydrogen-bond acceptors (Lipinski definition) is 3. The maximum Gasteiger partial charge on any atom is 0.229 e. The summed E-state index contributed by atoms with van der Waals surface area (Å²) >= 11 is 0. The van der Waals surface area contributed by atoms with Crippen LogP contribution in [0, 0.1) is 12.8 Å². The third kappa shape index (κ3) is 2.16. The van der Waals surface area contributed by atoms with Gasteiger partial charge in [0.2, 0.25) is 5.78 Å². The summed E-state index contributed by atoms with van der Waals surface area (Å²) in [6.07, 6.45) is 2.84. The van der Waals surface area contributed by atoms with E-state index in [1.54, 1.807) is 6.07 Å². The summed E-state index contributed by atoms with van der Waals surface area (Å²) < 4.78 is 5.70. The molecule has 1 aliphatic rings. The second kappa shape index (κ2) is 4.74. The molecule has 0 bridgehead atoms. The van der Waals surface area contributed by atoms with Crippen LogP contribution in [0.15, 0.2) is 28.7 Å². The van der Waals surface area contributed by atoms with E-state index in [0.717, 1.165) is 29.4 Å². The summed E-state index contributed by atoms with van der Waals surface area (Å²) in [5.74, 6) is 0.604. The van der Waals surface area contributed by atoms with Crippen molar-refractivity contribution in [2.45, 2.75) is 45.1 Å². The summed E-state index contributed by atoms with van der Waals surface area (Å²) in [6.45, 7) is 4.12. The number of aliphatic hydroxyl groups is 1. The van der Waals surface area contributed by atoms with Crippen molar-refractivity contribution in [3.05, 3.63) is 35.6 Å². The summed E-state index contributed by atoms with van der Waals surface area (Å²) in [6, 6.07) is 7.58. The number of hydrogen-bond donors (Lipinski definition) is 1. The summed E-state index contributed by atoms with van der Waals surface area (Å²) in [4.78, 5) is 12.6. The van der Waals surface area contributed by atoms with Gasteiger partial charge in [0.25, 0.3) is 0 Å². The van der Waals surface area contributed by atoms with Crippen LogP contribution in [0.2, 0.25) is 0 Å². The fourth-order valence-corrected chi connectivity index (χ4v) is 3.02. The van der Waals surface area contributed by atoms with Crippen LogP contribution >= 0.6 is 0 Å². The van der Waals surface area contributed by atoms with Crippen LogP contribution in [-0.2, 0) is 0 Å². The molecule has 1 N–H and O–H groups in total. The Balaban J connectivity index is 1.94. The lowest BCUT2D eigenvalue weighted by atomic mass is 9.77. The van der Waals surface area contributed by atoms with Crippen LogP contribution in [0.5, 0.6) is 0 Å². The number of carbonyl (C=O) groups excluding carboxylic acids is 1. The van der Waals surface area contributed by atoms with Gasteiger partial charge in [0.1, 0.15) is 11.2 Å². The first-order chi connectivity index (χ1) is 9.49. The van der Waals surface area contributed by atoms with E-state index in [1.807, 2.05) is 25.1 Å². The third-order valence-corrected chi connectivity index (χ3v) is 4.49. The minimum absolute atomic E-state index is 0.264. The van der Waals surface area contributed by atoms with Crippen molar-refractivity contribution in [3.8, 4) is 0 Å². The number of ketones is 1. The van der Waals surface area contributed by atoms with E-state index in [4.69, 9.17) is 4.42 Å². The highest BCUT2D eigenvalue weighted by atomic mass is 16.4. The van der Waals surface area contributed by atoms with Gasteiger partial charge in [0, 0.05) is 5.39 Å². The van der Waals surface area contributed by atoms with Crippen LogP contribution < -0.4 is 0 Å². The topological polar surface area (TPSA) is 50.4 Å². The fourth-order valence-electron chi connectivity index (χ4n) is 3.02. The lowest BCUT2D eigenvalue weighted by molar-refractivity contribution is 0.00223. The Morgan fingerprint density at radius 2 is 2.05 bits per heavy atom. The van der Waals surface area contributed by atoms with Crippen molar-refractivity contribution in [3.63, 3.8) is 0 Å². The molecule has 20 heavy (non-hydrogen) atoms. The molecule has 0 radical (unpaired) electrons. The number of furan rings is 1. The van der Waals surface area contributed by atoms with Crippen LogP contribution in [-0.4, -0.2) is 16.5 Å². The second-order valence-corrected chi connectivity index (χ2v) is 6.15. The third-order valence-electron chi connectivity index (χ3n) is 4.49. The van der Waals surface area contributed by atoms with Gasteiger partial charge in [-0.15, -0.1) is 0 Å². The van der Waals surface area contributed by atoms with Gasteiger partial charge < -0.3 is 9.52 Å². The molecule has 1 aliphatic carbocycles. The van der Waals surface area contributed by atoms with E-state index in [0.29, 0.717) is 18.8 Å². The Bertz CT molecular complexity index is 645. The molecule has 0 spiro atoms. The maximum atomic E-state index is 12.6. The Morgan fingerprint density at radius 1 is 1.35 bits per heavy atom. The predicted octanol–water partition coefficient (Wildman–Crippen LogP) is 3.87. The Hall–Kier alpha value is -1.61. The van der Waals surface area contributed by atoms with E-state index < -0.39 is 5.60 Å². The second-order valence-electron chi connectivity index (χ2n) is 6.15. The van der Waals surface area contributed by atoms with E-state index in [9.17, 15) is 9.90 Å². The molecule has 3 nitrogen and oxygen atoms in total. The fraction of sp³-hybridized carbons (Fsp3) is 0.471. The number of carbonyl (C=O) groups is 1. The number of fused-ring (bicyclic) bond motifs is 1. The molecule has 3 rings (SSSR count). The smallest absolute Gasteiger partial charge is 0.229 e. The number of aryl methyl sites for hydroxylation is 1. The van der Waals surface area contributed by atoms with Gasteiger partial charge in [0.15, 0.2) is 5.76 Å². The first-order valence-electron chi connectivity index (χ1n) is 7.26. The van der Waals surface area contributed by atoms with Gasteiger partial charge in [-0.2, -0.15) is 0 Å². The highest BCUT2D eigenvalue weighted by Gasteiger charge is 2.40. The molecular formula is C17H20O3. The lowest BCUT2D eigenvalue weighted by Crippen LogP contribution is -2.41. The molecular weight excluding hydrogens is 252 g/mol. The van der Waals surface area contributed by atoms with Gasteiger partial charge in [-0.1, -0.05) is 25.1 Å². The number of Topliss-reactive ketones (excluding diaryl/α,β-unsaturated/α-hetero) is 1. The first-order valence-corrected chi connectivity index (χ1v) is 7.26. The highest BCUT2D eigenvalue weighted by molar-refractivity contribution is 6.03. The van der Waals surface area contributed by atoms with E-state index in [-0.39, 0.29) is 11.5 Å². The van der Waals surface area contributed by atoms with Crippen molar-refractivity contribution in [1.29, 1.82) is 0 Å². The van der Waals surface area contributed by atoms with Crippen LogP contribution in [0.25, 0.3) is 11.0 Å². The van der Waals surface area contributed by atoms with Gasteiger partial charge in [0.05, 0.1) is 0 Å². The van der Waals surface area contributed by atoms with Crippen LogP contribution in [0.4, 0.5) is 0 Å². The SMILES string of the molecule is Cc1cccc2cc(C(=O)C3(O)CCC(C)CC3)oc12. The first kappa shape index (κ1) is 13.4. The van der Waals surface area contributed by atoms with E-state index >= 15 is 0 Å². The molecule has 1 aromatic heterocycles. The van der Waals surface area contributed by atoms with Crippen molar-refractivity contribution < 1.29 is 14.3 Å². The molecule has 0 aliphatic heterocycles. The van der Waals surface area contributed by atoms with Crippen LogP contribution in [0.1, 0.15) is 48.7 Å². The minimum Gasteiger partial charge on any atom is -0.453 e. The molecule has 1 saturated carbocycles. The van der Waals surface area contributed by atoms with Gasteiger partial charge in [-0.3, -0.25) is 4.79 Å².